The van der Waals surface area contributed by atoms with Crippen LogP contribution in [0.4, 0.5) is 0 Å². The van der Waals surface area contributed by atoms with Gasteiger partial charge in [0.2, 0.25) is 5.75 Å². The molecule has 0 amide bonds. The highest BCUT2D eigenvalue weighted by atomic mass is 16.5. The van der Waals surface area contributed by atoms with Gasteiger partial charge in [0.25, 0.3) is 0 Å². The minimum absolute atomic E-state index is 0.546. The highest BCUT2D eigenvalue weighted by Crippen LogP contribution is 2.42. The van der Waals surface area contributed by atoms with E-state index in [1.54, 1.807) is 21.3 Å². The molecule has 0 aliphatic carbocycles. The van der Waals surface area contributed by atoms with E-state index >= 15 is 0 Å². The molecule has 0 unspecified atom stereocenters. The Balaban J connectivity index is 2.02. The Morgan fingerprint density at radius 1 is 0.621 bits per heavy atom. The Hall–Kier alpha value is -3.60. The topological polar surface area (TPSA) is 53.5 Å². The number of aromatic nitrogens is 2. The standard InChI is InChI=1S/C24H22N2O3/c1-15-9-11-16(12-10-15)22-23(26-19-8-6-5-7-18(19)25-22)17-13-20(27-2)24(29-4)21(14-17)28-3/h5-14H,1-4H3. The number of fused-ring (bicyclic) bond motifs is 1. The van der Waals surface area contributed by atoms with Crippen LogP contribution in [0.5, 0.6) is 17.2 Å². The number of methoxy groups -OCH3 is 3. The van der Waals surface area contributed by atoms with Crippen LogP contribution in [-0.4, -0.2) is 31.3 Å². The molecule has 0 atom stereocenters. The van der Waals surface area contributed by atoms with Gasteiger partial charge in [0.05, 0.1) is 43.8 Å². The van der Waals surface area contributed by atoms with Gasteiger partial charge in [-0.1, -0.05) is 42.0 Å². The lowest BCUT2D eigenvalue weighted by Gasteiger charge is -2.16. The molecule has 0 radical (unpaired) electrons. The van der Waals surface area contributed by atoms with E-state index in [9.17, 15) is 0 Å². The van der Waals surface area contributed by atoms with Crippen molar-refractivity contribution < 1.29 is 14.2 Å². The van der Waals surface area contributed by atoms with Crippen LogP contribution in [0.2, 0.25) is 0 Å². The first-order valence-corrected chi connectivity index (χ1v) is 9.28. The normalized spacial score (nSPS) is 10.8. The van der Waals surface area contributed by atoms with Crippen LogP contribution in [0.15, 0.2) is 60.7 Å². The first-order chi connectivity index (χ1) is 14.1. The second-order valence-electron chi connectivity index (χ2n) is 6.69. The molecule has 4 aromatic rings. The van der Waals surface area contributed by atoms with Gasteiger partial charge < -0.3 is 14.2 Å². The first kappa shape index (κ1) is 18.7. The van der Waals surface area contributed by atoms with Gasteiger partial charge in [-0.3, -0.25) is 0 Å². The van der Waals surface area contributed by atoms with E-state index in [2.05, 4.69) is 31.2 Å². The highest BCUT2D eigenvalue weighted by molar-refractivity contribution is 5.87. The molecule has 29 heavy (non-hydrogen) atoms. The molecule has 3 aromatic carbocycles. The van der Waals surface area contributed by atoms with Gasteiger partial charge in [-0.05, 0) is 31.2 Å². The van der Waals surface area contributed by atoms with Crippen LogP contribution in [0, 0.1) is 6.92 Å². The lowest BCUT2D eigenvalue weighted by molar-refractivity contribution is 0.324. The largest absolute Gasteiger partial charge is 0.493 e. The van der Waals surface area contributed by atoms with Crippen LogP contribution in [0.25, 0.3) is 33.5 Å². The summed E-state index contributed by atoms with van der Waals surface area (Å²) in [6, 6.07) is 19.9. The van der Waals surface area contributed by atoms with E-state index < -0.39 is 0 Å². The third-order valence-corrected chi connectivity index (χ3v) is 4.83. The number of hydrogen-bond acceptors (Lipinski definition) is 5. The quantitative estimate of drug-likeness (QED) is 0.466. The maximum Gasteiger partial charge on any atom is 0.203 e. The molecule has 0 aliphatic heterocycles. The summed E-state index contributed by atoms with van der Waals surface area (Å²) in [5.41, 5.74) is 6.26. The van der Waals surface area contributed by atoms with E-state index in [1.807, 2.05) is 36.4 Å². The molecule has 0 saturated heterocycles. The minimum atomic E-state index is 0.546. The van der Waals surface area contributed by atoms with E-state index in [-0.39, 0.29) is 0 Å². The van der Waals surface area contributed by atoms with E-state index in [0.717, 1.165) is 33.5 Å². The van der Waals surface area contributed by atoms with Crippen molar-refractivity contribution in [1.29, 1.82) is 0 Å². The fraction of sp³-hybridized carbons (Fsp3) is 0.167. The zero-order chi connectivity index (χ0) is 20.4. The fourth-order valence-electron chi connectivity index (χ4n) is 3.33. The van der Waals surface area contributed by atoms with Crippen LogP contribution in [0.1, 0.15) is 5.56 Å². The van der Waals surface area contributed by atoms with Gasteiger partial charge in [0, 0.05) is 11.1 Å². The Morgan fingerprint density at radius 2 is 1.14 bits per heavy atom. The maximum absolute atomic E-state index is 5.54. The van der Waals surface area contributed by atoms with Crippen LogP contribution >= 0.6 is 0 Å². The lowest BCUT2D eigenvalue weighted by Crippen LogP contribution is -1.99. The van der Waals surface area contributed by atoms with E-state index in [0.29, 0.717) is 17.2 Å². The van der Waals surface area contributed by atoms with Gasteiger partial charge in [-0.2, -0.15) is 0 Å². The summed E-state index contributed by atoms with van der Waals surface area (Å²) in [7, 11) is 4.80. The summed E-state index contributed by atoms with van der Waals surface area (Å²) in [6.07, 6.45) is 0. The van der Waals surface area contributed by atoms with Crippen molar-refractivity contribution in [3.8, 4) is 39.8 Å². The Kier molecular flexibility index (Phi) is 5.04. The molecule has 5 heteroatoms. The molecule has 4 rings (SSSR count). The number of nitrogens with zero attached hydrogens (tertiary/aromatic N) is 2. The molecule has 1 aromatic heterocycles. The molecule has 0 fully saturated rings. The van der Waals surface area contributed by atoms with Crippen molar-refractivity contribution in [2.75, 3.05) is 21.3 Å². The molecule has 1 heterocycles. The predicted octanol–water partition coefficient (Wildman–Crippen LogP) is 5.30. The molecular formula is C24H22N2O3. The summed E-state index contributed by atoms with van der Waals surface area (Å²) in [6.45, 7) is 2.07. The van der Waals surface area contributed by atoms with Gasteiger partial charge in [0.1, 0.15) is 0 Å². The number of rotatable bonds is 5. The summed E-state index contributed by atoms with van der Waals surface area (Å²) in [4.78, 5) is 9.87. The van der Waals surface area contributed by atoms with Crippen LogP contribution in [0.3, 0.4) is 0 Å². The Labute approximate surface area is 169 Å². The van der Waals surface area contributed by atoms with Crippen LogP contribution < -0.4 is 14.2 Å². The summed E-state index contributed by atoms with van der Waals surface area (Å²) >= 11 is 0. The smallest absolute Gasteiger partial charge is 0.203 e. The Bertz CT molecular complexity index is 1150. The zero-order valence-corrected chi connectivity index (χ0v) is 16.9. The van der Waals surface area contributed by atoms with Crippen molar-refractivity contribution in [3.05, 3.63) is 66.2 Å². The number of hydrogen-bond donors (Lipinski definition) is 0. The predicted molar refractivity (Wildman–Crippen MR) is 115 cm³/mol. The molecule has 0 aliphatic rings. The molecule has 146 valence electrons. The third kappa shape index (κ3) is 3.47. The molecule has 0 N–H and O–H groups in total. The third-order valence-electron chi connectivity index (χ3n) is 4.83. The summed E-state index contributed by atoms with van der Waals surface area (Å²) in [5, 5.41) is 0. The lowest BCUT2D eigenvalue weighted by atomic mass is 10.0. The van der Waals surface area contributed by atoms with E-state index in [4.69, 9.17) is 24.2 Å². The second-order valence-corrected chi connectivity index (χ2v) is 6.69. The SMILES string of the molecule is COc1cc(-c2nc3ccccc3nc2-c2ccc(C)cc2)cc(OC)c1OC. The average molecular weight is 386 g/mol. The van der Waals surface area contributed by atoms with Crippen molar-refractivity contribution in [3.63, 3.8) is 0 Å². The van der Waals surface area contributed by atoms with Gasteiger partial charge >= 0.3 is 0 Å². The molecular weight excluding hydrogens is 364 g/mol. The average Bonchev–Trinajstić information content (AvgIpc) is 2.77. The monoisotopic (exact) mass is 386 g/mol. The highest BCUT2D eigenvalue weighted by Gasteiger charge is 2.19. The summed E-state index contributed by atoms with van der Waals surface area (Å²) < 4.78 is 16.5. The van der Waals surface area contributed by atoms with Gasteiger partial charge in [0.15, 0.2) is 11.5 Å². The van der Waals surface area contributed by atoms with Crippen molar-refractivity contribution in [2.24, 2.45) is 0 Å². The fourth-order valence-corrected chi connectivity index (χ4v) is 3.33. The number of aryl methyl sites for hydroxylation is 1. The number of para-hydroxylation sites is 2. The van der Waals surface area contributed by atoms with E-state index in [1.165, 1.54) is 5.56 Å². The number of benzene rings is 3. The Morgan fingerprint density at radius 3 is 1.62 bits per heavy atom. The minimum Gasteiger partial charge on any atom is -0.493 e. The maximum atomic E-state index is 5.54. The van der Waals surface area contributed by atoms with Crippen molar-refractivity contribution in [1.82, 2.24) is 9.97 Å². The van der Waals surface area contributed by atoms with Crippen molar-refractivity contribution >= 4 is 11.0 Å². The summed E-state index contributed by atoms with van der Waals surface area (Å²) in [5.74, 6) is 1.70. The van der Waals surface area contributed by atoms with Gasteiger partial charge in [-0.15, -0.1) is 0 Å². The zero-order valence-electron chi connectivity index (χ0n) is 16.9. The molecule has 0 spiro atoms. The first-order valence-electron chi connectivity index (χ1n) is 9.28. The second kappa shape index (κ2) is 7.80. The number of ether oxygens (including phenoxy) is 3. The molecule has 5 nitrogen and oxygen atoms in total. The van der Waals surface area contributed by atoms with Gasteiger partial charge in [-0.25, -0.2) is 9.97 Å². The van der Waals surface area contributed by atoms with Crippen molar-refractivity contribution in [2.45, 2.75) is 6.92 Å². The van der Waals surface area contributed by atoms with Crippen LogP contribution in [-0.2, 0) is 0 Å². The molecule has 0 bridgehead atoms. The molecule has 0 saturated carbocycles.